The number of likely N-dealkylation sites (tertiary alicyclic amines) is 1. The number of amides is 1. The Labute approximate surface area is 172 Å². The Morgan fingerprint density at radius 3 is 2.52 bits per heavy atom. The van der Waals surface area contributed by atoms with Crippen LogP contribution in [0.1, 0.15) is 26.2 Å². The second-order valence-corrected chi connectivity index (χ2v) is 9.74. The van der Waals surface area contributed by atoms with E-state index in [1.165, 1.54) is 22.9 Å². The molecule has 0 aliphatic carbocycles. The largest absolute Gasteiger partial charge is 0.339 e. The Kier molecular flexibility index (Phi) is 7.61. The third-order valence-corrected chi connectivity index (χ3v) is 7.67. The Morgan fingerprint density at radius 1 is 1.17 bits per heavy atom. The van der Waals surface area contributed by atoms with E-state index in [-0.39, 0.29) is 23.9 Å². The Hall–Kier alpha value is -1.55. The van der Waals surface area contributed by atoms with Crippen LogP contribution in [0.25, 0.3) is 0 Å². The zero-order valence-electron chi connectivity index (χ0n) is 17.0. The molecule has 2 saturated heterocycles. The molecule has 0 bridgehead atoms. The minimum absolute atomic E-state index is 0.0127. The van der Waals surface area contributed by atoms with E-state index in [9.17, 15) is 17.6 Å². The summed E-state index contributed by atoms with van der Waals surface area (Å²) in [6.45, 7) is 6.30. The van der Waals surface area contributed by atoms with Crippen LogP contribution in [0.15, 0.2) is 29.2 Å². The fraction of sp³-hybridized carbons (Fsp3) is 0.650. The molecule has 2 aliphatic rings. The first-order valence-corrected chi connectivity index (χ1v) is 11.8. The van der Waals surface area contributed by atoms with Gasteiger partial charge in [-0.05, 0) is 50.6 Å². The van der Waals surface area contributed by atoms with E-state index in [0.717, 1.165) is 31.5 Å². The van der Waals surface area contributed by atoms with Crippen LogP contribution < -0.4 is 5.32 Å². The van der Waals surface area contributed by atoms with Gasteiger partial charge < -0.3 is 10.2 Å². The normalized spacial score (nSPS) is 21.5. The van der Waals surface area contributed by atoms with Crippen LogP contribution in [0.5, 0.6) is 0 Å². The fourth-order valence-corrected chi connectivity index (χ4v) is 5.32. The highest BCUT2D eigenvalue weighted by Crippen LogP contribution is 2.19. The first-order valence-electron chi connectivity index (χ1n) is 10.4. The molecule has 3 rings (SSSR count). The third-order valence-electron chi connectivity index (χ3n) is 5.81. The van der Waals surface area contributed by atoms with Crippen LogP contribution in [0.3, 0.4) is 0 Å². The van der Waals surface area contributed by atoms with Gasteiger partial charge in [0.05, 0.1) is 11.4 Å². The maximum Gasteiger partial charge on any atom is 0.243 e. The van der Waals surface area contributed by atoms with Gasteiger partial charge in [-0.15, -0.1) is 0 Å². The molecule has 0 spiro atoms. The summed E-state index contributed by atoms with van der Waals surface area (Å²) in [6, 6.07) is 5.20. The average Bonchev–Trinajstić information content (AvgIpc) is 2.73. The summed E-state index contributed by atoms with van der Waals surface area (Å²) in [5.41, 5.74) is 0. The van der Waals surface area contributed by atoms with Crippen LogP contribution in [-0.2, 0) is 14.8 Å². The fourth-order valence-electron chi connectivity index (χ4n) is 3.93. The minimum Gasteiger partial charge on any atom is -0.339 e. The molecule has 0 saturated carbocycles. The topological polar surface area (TPSA) is 73.0 Å². The molecule has 0 radical (unpaired) electrons. The molecule has 2 heterocycles. The lowest BCUT2D eigenvalue weighted by Gasteiger charge is -2.35. The molecule has 1 aromatic rings. The Balaban J connectivity index is 1.75. The molecule has 162 valence electrons. The van der Waals surface area contributed by atoms with Crippen molar-refractivity contribution >= 4 is 15.9 Å². The standard InChI is InChI=1S/C20H31FN4O3S/c1-17-4-2-3-11-23(17)14-15-25(16-20(26)24-12-9-22-10-13-24)29(27,28)19-7-5-18(21)6-8-19/h5-8,17,22H,2-4,9-16H2,1H3/t17-/m1/s1. The van der Waals surface area contributed by atoms with E-state index >= 15 is 0 Å². The second-order valence-electron chi connectivity index (χ2n) is 7.80. The number of nitrogens with one attached hydrogen (secondary N) is 1. The van der Waals surface area contributed by atoms with Crippen molar-refractivity contribution < 1.29 is 17.6 Å². The lowest BCUT2D eigenvalue weighted by Crippen LogP contribution is -2.51. The predicted molar refractivity (Wildman–Crippen MR) is 109 cm³/mol. The highest BCUT2D eigenvalue weighted by molar-refractivity contribution is 7.89. The van der Waals surface area contributed by atoms with E-state index in [4.69, 9.17) is 0 Å². The van der Waals surface area contributed by atoms with Crippen molar-refractivity contribution in [3.8, 4) is 0 Å². The molecular weight excluding hydrogens is 395 g/mol. The van der Waals surface area contributed by atoms with Gasteiger partial charge in [0.1, 0.15) is 5.82 Å². The van der Waals surface area contributed by atoms with Gasteiger partial charge in [-0.3, -0.25) is 9.69 Å². The van der Waals surface area contributed by atoms with Crippen LogP contribution in [0, 0.1) is 5.82 Å². The van der Waals surface area contributed by atoms with Gasteiger partial charge in [-0.1, -0.05) is 6.42 Å². The molecule has 29 heavy (non-hydrogen) atoms. The highest BCUT2D eigenvalue weighted by atomic mass is 32.2. The van der Waals surface area contributed by atoms with Gasteiger partial charge in [0.25, 0.3) is 0 Å². The maximum atomic E-state index is 13.3. The smallest absolute Gasteiger partial charge is 0.243 e. The number of nitrogens with zero attached hydrogens (tertiary/aromatic N) is 3. The van der Waals surface area contributed by atoms with Gasteiger partial charge in [0, 0.05) is 45.3 Å². The number of halogens is 1. The lowest BCUT2D eigenvalue weighted by atomic mass is 10.0. The summed E-state index contributed by atoms with van der Waals surface area (Å²) in [5.74, 6) is -0.682. The van der Waals surface area contributed by atoms with E-state index in [1.807, 2.05) is 0 Å². The predicted octanol–water partition coefficient (Wildman–Crippen LogP) is 1.12. The van der Waals surface area contributed by atoms with Crippen molar-refractivity contribution in [1.29, 1.82) is 0 Å². The van der Waals surface area contributed by atoms with E-state index in [0.29, 0.717) is 38.8 Å². The molecule has 1 aromatic carbocycles. The number of carbonyl (C=O) groups is 1. The molecular formula is C20H31FN4O3S. The molecule has 1 amide bonds. The number of hydrogen-bond donors (Lipinski definition) is 1. The molecule has 0 unspecified atom stereocenters. The van der Waals surface area contributed by atoms with Gasteiger partial charge in [0.2, 0.25) is 15.9 Å². The number of carbonyl (C=O) groups excluding carboxylic acids is 1. The van der Waals surface area contributed by atoms with Crippen LogP contribution in [-0.4, -0.2) is 86.8 Å². The van der Waals surface area contributed by atoms with Crippen LogP contribution in [0.2, 0.25) is 0 Å². The molecule has 2 aliphatic heterocycles. The van der Waals surface area contributed by atoms with Crippen molar-refractivity contribution in [2.24, 2.45) is 0 Å². The number of hydrogen-bond acceptors (Lipinski definition) is 5. The lowest BCUT2D eigenvalue weighted by molar-refractivity contribution is -0.132. The maximum absolute atomic E-state index is 13.3. The Morgan fingerprint density at radius 2 is 1.86 bits per heavy atom. The zero-order chi connectivity index (χ0) is 20.9. The molecule has 7 nitrogen and oxygen atoms in total. The van der Waals surface area contributed by atoms with Crippen molar-refractivity contribution in [3.05, 3.63) is 30.1 Å². The number of benzene rings is 1. The summed E-state index contributed by atoms with van der Waals surface area (Å²) < 4.78 is 41.0. The van der Waals surface area contributed by atoms with Crippen molar-refractivity contribution in [2.75, 3.05) is 52.4 Å². The summed E-state index contributed by atoms with van der Waals surface area (Å²) in [6.07, 6.45) is 3.40. The summed E-state index contributed by atoms with van der Waals surface area (Å²) in [4.78, 5) is 16.8. The molecule has 0 aromatic heterocycles. The molecule has 2 fully saturated rings. The number of sulfonamides is 1. The van der Waals surface area contributed by atoms with Gasteiger partial charge >= 0.3 is 0 Å². The first kappa shape index (κ1) is 22.1. The highest BCUT2D eigenvalue weighted by Gasteiger charge is 2.30. The second kappa shape index (κ2) is 9.97. The monoisotopic (exact) mass is 426 g/mol. The molecule has 1 N–H and O–H groups in total. The first-order chi connectivity index (χ1) is 13.9. The van der Waals surface area contributed by atoms with Crippen LogP contribution in [0.4, 0.5) is 4.39 Å². The molecule has 9 heteroatoms. The van der Waals surface area contributed by atoms with Crippen LogP contribution >= 0.6 is 0 Å². The Bertz CT molecular complexity index is 781. The minimum atomic E-state index is -3.89. The van der Waals surface area contributed by atoms with Crippen molar-refractivity contribution in [2.45, 2.75) is 37.1 Å². The van der Waals surface area contributed by atoms with Gasteiger partial charge in [-0.2, -0.15) is 4.31 Å². The van der Waals surface area contributed by atoms with Gasteiger partial charge in [0.15, 0.2) is 0 Å². The van der Waals surface area contributed by atoms with E-state index in [2.05, 4.69) is 17.1 Å². The number of piperidine rings is 1. The SMILES string of the molecule is C[C@@H]1CCCCN1CCN(CC(=O)N1CCNCC1)S(=O)(=O)c1ccc(F)cc1. The van der Waals surface area contributed by atoms with Gasteiger partial charge in [-0.25, -0.2) is 12.8 Å². The molecule has 1 atom stereocenters. The van der Waals surface area contributed by atoms with Crippen molar-refractivity contribution in [1.82, 2.24) is 19.4 Å². The van der Waals surface area contributed by atoms with E-state index in [1.54, 1.807) is 4.90 Å². The number of rotatable bonds is 7. The zero-order valence-corrected chi connectivity index (χ0v) is 17.8. The van der Waals surface area contributed by atoms with E-state index < -0.39 is 15.8 Å². The average molecular weight is 427 g/mol. The summed E-state index contributed by atoms with van der Waals surface area (Å²) >= 11 is 0. The third kappa shape index (κ3) is 5.75. The van der Waals surface area contributed by atoms with Crippen molar-refractivity contribution in [3.63, 3.8) is 0 Å². The summed E-state index contributed by atoms with van der Waals surface area (Å²) in [5, 5.41) is 3.19. The quantitative estimate of drug-likeness (QED) is 0.708. The number of piperazine rings is 1. The summed E-state index contributed by atoms with van der Waals surface area (Å²) in [7, 11) is -3.89.